The summed E-state index contributed by atoms with van der Waals surface area (Å²) in [5, 5.41) is 44.8. The van der Waals surface area contributed by atoms with Gasteiger partial charge in [-0.3, -0.25) is 0 Å². The first kappa shape index (κ1) is 41.1. The van der Waals surface area contributed by atoms with E-state index >= 15 is 0 Å². The van der Waals surface area contributed by atoms with Crippen LogP contribution >= 0.6 is 0 Å². The van der Waals surface area contributed by atoms with Crippen LogP contribution in [-0.2, 0) is 0 Å². The maximum absolute atomic E-state index is 10.8. The lowest BCUT2D eigenvalue weighted by Crippen LogP contribution is -2.02. The number of nitriles is 4. The number of para-hydroxylation sites is 3. The number of fused-ring (bicyclic) bond motifs is 6. The van der Waals surface area contributed by atoms with Crippen LogP contribution in [0.5, 0.6) is 0 Å². The van der Waals surface area contributed by atoms with Gasteiger partial charge in [-0.15, -0.1) is 0 Å². The molecule has 8 heteroatoms. The van der Waals surface area contributed by atoms with Gasteiger partial charge in [0.2, 0.25) is 0 Å². The van der Waals surface area contributed by atoms with Gasteiger partial charge in [-0.25, -0.2) is 9.97 Å². The summed E-state index contributed by atoms with van der Waals surface area (Å²) in [6.45, 7) is 0. The van der Waals surface area contributed by atoms with Crippen molar-refractivity contribution in [1.82, 2.24) is 19.1 Å². The zero-order valence-electron chi connectivity index (χ0n) is 37.2. The Bertz CT molecular complexity index is 4080. The Labute approximate surface area is 402 Å². The standard InChI is InChI=1S/C62H34N8/c63-35-39-13-17-44(18-14-39)55-34-56(68-62(67-55)46-19-15-40(36-64)16-20-46)45-27-25-42(26-28-45)41-21-23-43(24-22-41)47-31-48(37-65)61(49(32-47)38-66)70-59-12-6-3-9-53(59)54-33-50(29-30-60(54)70)69-57-10-4-1-7-51(57)52-8-2-5-11-58(52)69/h1-34H. The Kier molecular flexibility index (Phi) is 9.86. The molecule has 8 nitrogen and oxygen atoms in total. The molecule has 0 saturated carbocycles. The van der Waals surface area contributed by atoms with Crippen molar-refractivity contribution < 1.29 is 0 Å². The highest BCUT2D eigenvalue weighted by Crippen LogP contribution is 2.40. The van der Waals surface area contributed by atoms with Crippen molar-refractivity contribution in [3.05, 3.63) is 229 Å². The molecule has 0 spiro atoms. The highest BCUT2D eigenvalue weighted by atomic mass is 15.0. The van der Waals surface area contributed by atoms with Crippen molar-refractivity contribution in [2.24, 2.45) is 0 Å². The summed E-state index contributed by atoms with van der Waals surface area (Å²) < 4.78 is 4.37. The molecule has 0 radical (unpaired) electrons. The number of aromatic nitrogens is 4. The summed E-state index contributed by atoms with van der Waals surface area (Å²) >= 11 is 0. The van der Waals surface area contributed by atoms with Gasteiger partial charge in [-0.05, 0) is 113 Å². The molecule has 0 aliphatic carbocycles. The molecular weight excluding hydrogens is 857 g/mol. The fourth-order valence-corrected chi connectivity index (χ4v) is 9.72. The monoisotopic (exact) mass is 890 g/mol. The van der Waals surface area contributed by atoms with E-state index in [9.17, 15) is 21.0 Å². The van der Waals surface area contributed by atoms with E-state index in [1.54, 1.807) is 24.3 Å². The Balaban J connectivity index is 0.881. The maximum atomic E-state index is 10.8. The van der Waals surface area contributed by atoms with Crippen LogP contribution in [0.4, 0.5) is 0 Å². The van der Waals surface area contributed by atoms with Crippen LogP contribution in [0.25, 0.3) is 111 Å². The second kappa shape index (κ2) is 16.8. The van der Waals surface area contributed by atoms with Crippen LogP contribution in [0.3, 0.4) is 0 Å². The summed E-state index contributed by atoms with van der Waals surface area (Å²) in [6.07, 6.45) is 0. The topological polar surface area (TPSA) is 131 Å². The van der Waals surface area contributed by atoms with E-state index in [-0.39, 0.29) is 0 Å². The first-order chi connectivity index (χ1) is 34.5. The molecule has 12 rings (SSSR count). The second-order valence-corrected chi connectivity index (χ2v) is 17.1. The summed E-state index contributed by atoms with van der Waals surface area (Å²) in [7, 11) is 0. The quantitative estimate of drug-likeness (QED) is 0.157. The highest BCUT2D eigenvalue weighted by Gasteiger charge is 2.21. The van der Waals surface area contributed by atoms with E-state index in [2.05, 4.69) is 130 Å². The molecule has 0 aliphatic heterocycles. The van der Waals surface area contributed by atoms with Gasteiger partial charge in [-0.1, -0.05) is 115 Å². The molecule has 9 aromatic carbocycles. The Morgan fingerprint density at radius 2 is 0.714 bits per heavy atom. The van der Waals surface area contributed by atoms with E-state index in [1.807, 2.05) is 84.9 Å². The molecule has 12 aromatic rings. The van der Waals surface area contributed by atoms with Gasteiger partial charge in [0.1, 0.15) is 12.1 Å². The molecule has 0 atom stereocenters. The molecule has 0 bridgehead atoms. The lowest BCUT2D eigenvalue weighted by Gasteiger charge is -2.15. The van der Waals surface area contributed by atoms with Crippen LogP contribution in [0.15, 0.2) is 206 Å². The van der Waals surface area contributed by atoms with Crippen molar-refractivity contribution >= 4 is 43.6 Å². The first-order valence-electron chi connectivity index (χ1n) is 22.6. The lowest BCUT2D eigenvalue weighted by atomic mass is 9.95. The number of rotatable bonds is 7. The largest absolute Gasteiger partial charge is 0.309 e. The predicted octanol–water partition coefficient (Wildman–Crippen LogP) is 14.5. The minimum absolute atomic E-state index is 0.400. The average molecular weight is 891 g/mol. The van der Waals surface area contributed by atoms with Crippen LogP contribution < -0.4 is 0 Å². The van der Waals surface area contributed by atoms with Crippen LogP contribution in [0.1, 0.15) is 22.3 Å². The van der Waals surface area contributed by atoms with Crippen LogP contribution in [0.2, 0.25) is 0 Å². The van der Waals surface area contributed by atoms with E-state index in [0.29, 0.717) is 39.5 Å². The van der Waals surface area contributed by atoms with Gasteiger partial charge >= 0.3 is 0 Å². The Morgan fingerprint density at radius 1 is 0.314 bits per heavy atom. The fourth-order valence-electron chi connectivity index (χ4n) is 9.72. The predicted molar refractivity (Wildman–Crippen MR) is 277 cm³/mol. The van der Waals surface area contributed by atoms with E-state index in [0.717, 1.165) is 83.2 Å². The van der Waals surface area contributed by atoms with Crippen molar-refractivity contribution in [2.45, 2.75) is 0 Å². The number of benzene rings is 9. The molecule has 70 heavy (non-hydrogen) atoms. The highest BCUT2D eigenvalue weighted by molar-refractivity contribution is 6.12. The third-order valence-corrected chi connectivity index (χ3v) is 13.1. The fraction of sp³-hybridized carbons (Fsp3) is 0. The van der Waals surface area contributed by atoms with Gasteiger partial charge in [0.25, 0.3) is 0 Å². The third-order valence-electron chi connectivity index (χ3n) is 13.1. The van der Waals surface area contributed by atoms with E-state index in [4.69, 9.17) is 9.97 Å². The van der Waals surface area contributed by atoms with Gasteiger partial charge < -0.3 is 9.13 Å². The third kappa shape index (κ3) is 6.90. The first-order valence-corrected chi connectivity index (χ1v) is 22.6. The molecular formula is C62H34N8. The Morgan fingerprint density at radius 3 is 1.20 bits per heavy atom. The van der Waals surface area contributed by atoms with E-state index in [1.165, 1.54) is 10.8 Å². The minimum atomic E-state index is 0.400. The van der Waals surface area contributed by atoms with Crippen LogP contribution in [0, 0.1) is 45.3 Å². The summed E-state index contributed by atoms with van der Waals surface area (Å²) in [4.78, 5) is 9.84. The number of hydrogen-bond donors (Lipinski definition) is 0. The van der Waals surface area contributed by atoms with Crippen molar-refractivity contribution in [3.63, 3.8) is 0 Å². The molecule has 0 N–H and O–H groups in total. The Hall–Kier alpha value is -10.4. The van der Waals surface area contributed by atoms with Gasteiger partial charge in [0.15, 0.2) is 5.82 Å². The summed E-state index contributed by atoms with van der Waals surface area (Å²) in [5.74, 6) is 0.522. The van der Waals surface area contributed by atoms with E-state index < -0.39 is 0 Å². The molecule has 322 valence electrons. The van der Waals surface area contributed by atoms with Crippen molar-refractivity contribution in [2.75, 3.05) is 0 Å². The van der Waals surface area contributed by atoms with Crippen molar-refractivity contribution in [3.8, 4) is 91.8 Å². The lowest BCUT2D eigenvalue weighted by molar-refractivity contribution is 1.15. The van der Waals surface area contributed by atoms with Gasteiger partial charge in [0.05, 0.1) is 73.5 Å². The maximum Gasteiger partial charge on any atom is 0.160 e. The van der Waals surface area contributed by atoms with Gasteiger partial charge in [0, 0.05) is 43.9 Å². The normalized spacial score (nSPS) is 11.1. The summed E-state index contributed by atoms with van der Waals surface area (Å²) in [6, 6.07) is 77.3. The molecule has 0 unspecified atom stereocenters. The second-order valence-electron chi connectivity index (χ2n) is 17.1. The minimum Gasteiger partial charge on any atom is -0.309 e. The average Bonchev–Trinajstić information content (AvgIpc) is 3.95. The molecule has 3 heterocycles. The molecule has 0 amide bonds. The molecule has 0 fully saturated rings. The smallest absolute Gasteiger partial charge is 0.160 e. The molecule has 0 saturated heterocycles. The van der Waals surface area contributed by atoms with Gasteiger partial charge in [-0.2, -0.15) is 21.0 Å². The molecule has 0 aliphatic rings. The van der Waals surface area contributed by atoms with Crippen LogP contribution in [-0.4, -0.2) is 19.1 Å². The SMILES string of the molecule is N#Cc1ccc(-c2cc(-c3ccc(-c4ccc(-c5cc(C#N)c(-n6c7ccccc7c7cc(-n8c9ccccc9c9ccccc98)ccc76)c(C#N)c5)cc4)cc3)nc(-c3ccc(C#N)cc3)n2)cc1. The molecule has 3 aromatic heterocycles. The number of nitrogens with zero attached hydrogens (tertiary/aromatic N) is 8. The zero-order valence-corrected chi connectivity index (χ0v) is 37.2. The zero-order chi connectivity index (χ0) is 47.3. The summed E-state index contributed by atoms with van der Waals surface area (Å²) in [5.41, 5.74) is 15.2. The number of hydrogen-bond acceptors (Lipinski definition) is 6. The van der Waals surface area contributed by atoms with Crippen molar-refractivity contribution in [1.29, 1.82) is 21.0 Å².